The van der Waals surface area contributed by atoms with Gasteiger partial charge in [-0.15, -0.1) is 0 Å². The van der Waals surface area contributed by atoms with E-state index in [4.69, 9.17) is 10.3 Å². The average Bonchev–Trinajstić information content (AvgIpc) is 2.82. The van der Waals surface area contributed by atoms with E-state index in [0.717, 1.165) is 12.1 Å². The second-order valence-corrected chi connectivity index (χ2v) is 5.46. The largest absolute Gasteiger partial charge is 0.370 e. The summed E-state index contributed by atoms with van der Waals surface area (Å²) in [4.78, 5) is 34.5. The molecule has 0 fully saturated rings. The molecule has 0 aromatic carbocycles. The molecule has 122 valence electrons. The molecule has 1 aromatic rings. The maximum atomic E-state index is 11.9. The molecule has 1 atom stereocenters. The first-order valence-corrected chi connectivity index (χ1v) is 7.05. The van der Waals surface area contributed by atoms with Crippen molar-refractivity contribution < 1.29 is 18.9 Å². The summed E-state index contributed by atoms with van der Waals surface area (Å²) in [6.07, 6.45) is 0.436. The summed E-state index contributed by atoms with van der Waals surface area (Å²) in [6, 6.07) is 0.718. The summed E-state index contributed by atoms with van der Waals surface area (Å²) in [5.74, 6) is -0.761. The van der Waals surface area contributed by atoms with E-state index in [9.17, 15) is 14.4 Å². The summed E-state index contributed by atoms with van der Waals surface area (Å²) in [7, 11) is 1.41. The third-order valence-corrected chi connectivity index (χ3v) is 2.86. The Bertz CT molecular complexity index is 539. The van der Waals surface area contributed by atoms with Crippen LogP contribution in [0.15, 0.2) is 10.6 Å². The average molecular weight is 310 g/mol. The molecule has 0 radical (unpaired) electrons. The lowest BCUT2D eigenvalue weighted by Gasteiger charge is -2.15. The number of rotatable bonds is 8. The van der Waals surface area contributed by atoms with Crippen molar-refractivity contribution in [3.63, 3.8) is 0 Å². The number of hydrogen-bond acceptors (Lipinski definition) is 5. The van der Waals surface area contributed by atoms with Crippen LogP contribution in [0.2, 0.25) is 0 Å². The fourth-order valence-corrected chi connectivity index (χ4v) is 1.94. The van der Waals surface area contributed by atoms with E-state index in [0.29, 0.717) is 11.7 Å². The molecule has 0 saturated carbocycles. The number of nitrogens with zero attached hydrogens (tertiary/aromatic N) is 1. The van der Waals surface area contributed by atoms with Crippen molar-refractivity contribution >= 4 is 17.7 Å². The molecular weight excluding hydrogens is 288 g/mol. The highest BCUT2D eigenvalue weighted by Crippen LogP contribution is 2.09. The normalized spacial score (nSPS) is 12.0. The quantitative estimate of drug-likeness (QED) is 0.597. The minimum Gasteiger partial charge on any atom is -0.370 e. The second kappa shape index (κ2) is 8.16. The molecule has 1 aromatic heterocycles. The Kier molecular flexibility index (Phi) is 6.55. The first-order valence-electron chi connectivity index (χ1n) is 7.05. The van der Waals surface area contributed by atoms with E-state index in [1.807, 2.05) is 0 Å². The van der Waals surface area contributed by atoms with Gasteiger partial charge in [0.2, 0.25) is 17.7 Å². The van der Waals surface area contributed by atoms with Gasteiger partial charge in [0, 0.05) is 13.1 Å². The molecule has 8 heteroatoms. The lowest BCUT2D eigenvalue weighted by atomic mass is 10.1. The van der Waals surface area contributed by atoms with Crippen LogP contribution < -0.4 is 16.4 Å². The van der Waals surface area contributed by atoms with Crippen LogP contribution >= 0.6 is 0 Å². The monoisotopic (exact) mass is 310 g/mol. The smallest absolute Gasteiger partial charge is 0.242 e. The number of hydrogen-bond donors (Lipinski definition) is 3. The molecule has 0 aliphatic carbocycles. The highest BCUT2D eigenvalue weighted by molar-refractivity contribution is 5.91. The molecule has 1 rings (SSSR count). The predicted molar refractivity (Wildman–Crippen MR) is 78.6 cm³/mol. The van der Waals surface area contributed by atoms with Gasteiger partial charge in [0.05, 0.1) is 18.5 Å². The minimum absolute atomic E-state index is 0.0582. The lowest BCUT2D eigenvalue weighted by Crippen LogP contribution is -2.48. The van der Waals surface area contributed by atoms with E-state index in [1.165, 1.54) is 7.05 Å². The Hall–Kier alpha value is -2.38. The molecule has 0 unspecified atom stereocenters. The zero-order valence-corrected chi connectivity index (χ0v) is 13.0. The van der Waals surface area contributed by atoms with Crippen LogP contribution in [0.4, 0.5) is 0 Å². The van der Waals surface area contributed by atoms with Gasteiger partial charge < -0.3 is 20.9 Å². The second-order valence-electron chi connectivity index (χ2n) is 5.46. The number of nitrogens with two attached hydrogens (primary N) is 1. The topological polar surface area (TPSA) is 127 Å². The molecule has 22 heavy (non-hydrogen) atoms. The first-order chi connectivity index (χ1) is 10.3. The zero-order chi connectivity index (χ0) is 16.7. The standard InChI is InChI=1S/C14H22N4O4/c1-8(2)4-9-5-10(22-18-9)6-13(20)17-11(7-12(15)19)14(21)16-3/h5,8,11H,4,6-7H2,1-3H3,(H2,15,19)(H,16,21)(H,17,20)/t11-/m0/s1. The zero-order valence-electron chi connectivity index (χ0n) is 13.0. The molecule has 8 nitrogen and oxygen atoms in total. The Morgan fingerprint density at radius 3 is 2.59 bits per heavy atom. The first kappa shape index (κ1) is 17.7. The van der Waals surface area contributed by atoms with Crippen molar-refractivity contribution in [2.45, 2.75) is 39.2 Å². The molecule has 3 amide bonds. The summed E-state index contributed by atoms with van der Waals surface area (Å²) < 4.78 is 5.08. The molecule has 0 aliphatic rings. The van der Waals surface area contributed by atoms with Gasteiger partial charge in [0.15, 0.2) is 0 Å². The minimum atomic E-state index is -0.993. The van der Waals surface area contributed by atoms with E-state index < -0.39 is 23.8 Å². The van der Waals surface area contributed by atoms with Gasteiger partial charge in [-0.2, -0.15) is 0 Å². The fraction of sp³-hybridized carbons (Fsp3) is 0.571. The Labute approximate surface area is 128 Å². The number of likely N-dealkylation sites (N-methyl/N-ethyl adjacent to an activating group) is 1. The van der Waals surface area contributed by atoms with E-state index >= 15 is 0 Å². The van der Waals surface area contributed by atoms with Crippen LogP contribution in [0, 0.1) is 5.92 Å². The highest BCUT2D eigenvalue weighted by atomic mass is 16.5. The van der Waals surface area contributed by atoms with Gasteiger partial charge in [0.25, 0.3) is 0 Å². The van der Waals surface area contributed by atoms with Crippen molar-refractivity contribution in [1.29, 1.82) is 0 Å². The summed E-state index contributed by atoms with van der Waals surface area (Å²) in [5.41, 5.74) is 5.84. The molecule has 1 heterocycles. The number of carbonyl (C=O) groups excluding carboxylic acids is 3. The van der Waals surface area contributed by atoms with Crippen LogP contribution in [-0.4, -0.2) is 36.0 Å². The summed E-state index contributed by atoms with van der Waals surface area (Å²) >= 11 is 0. The predicted octanol–water partition coefficient (Wildman–Crippen LogP) is -0.478. The van der Waals surface area contributed by atoms with Gasteiger partial charge in [0.1, 0.15) is 11.8 Å². The van der Waals surface area contributed by atoms with Crippen molar-refractivity contribution in [1.82, 2.24) is 15.8 Å². The van der Waals surface area contributed by atoms with Crippen LogP contribution in [0.1, 0.15) is 31.7 Å². The van der Waals surface area contributed by atoms with Gasteiger partial charge in [-0.1, -0.05) is 19.0 Å². The third kappa shape index (κ3) is 5.94. The van der Waals surface area contributed by atoms with Crippen molar-refractivity contribution in [3.8, 4) is 0 Å². The maximum Gasteiger partial charge on any atom is 0.242 e. The van der Waals surface area contributed by atoms with Crippen molar-refractivity contribution in [3.05, 3.63) is 17.5 Å². The van der Waals surface area contributed by atoms with Gasteiger partial charge in [-0.05, 0) is 12.3 Å². The summed E-state index contributed by atoms with van der Waals surface area (Å²) in [5, 5.41) is 8.71. The Balaban J connectivity index is 2.61. The number of nitrogens with one attached hydrogen (secondary N) is 2. The van der Waals surface area contributed by atoms with E-state index in [-0.39, 0.29) is 12.8 Å². The van der Waals surface area contributed by atoms with Crippen LogP contribution in [-0.2, 0) is 27.2 Å². The maximum absolute atomic E-state index is 11.9. The van der Waals surface area contributed by atoms with Crippen molar-refractivity contribution in [2.75, 3.05) is 7.05 Å². The Morgan fingerprint density at radius 1 is 1.36 bits per heavy atom. The van der Waals surface area contributed by atoms with E-state index in [2.05, 4.69) is 29.6 Å². The molecule has 0 saturated heterocycles. The third-order valence-electron chi connectivity index (χ3n) is 2.86. The van der Waals surface area contributed by atoms with Gasteiger partial charge in [-0.3, -0.25) is 14.4 Å². The molecule has 0 aliphatic heterocycles. The van der Waals surface area contributed by atoms with Crippen LogP contribution in [0.3, 0.4) is 0 Å². The number of primary amides is 1. The fourth-order valence-electron chi connectivity index (χ4n) is 1.94. The molecule has 0 bridgehead atoms. The molecule has 4 N–H and O–H groups in total. The number of amides is 3. The highest BCUT2D eigenvalue weighted by Gasteiger charge is 2.22. The van der Waals surface area contributed by atoms with Crippen molar-refractivity contribution in [2.24, 2.45) is 11.7 Å². The number of aromatic nitrogens is 1. The number of carbonyl (C=O) groups is 3. The van der Waals surface area contributed by atoms with E-state index in [1.54, 1.807) is 6.07 Å². The summed E-state index contributed by atoms with van der Waals surface area (Å²) in [6.45, 7) is 4.11. The van der Waals surface area contributed by atoms with Crippen LogP contribution in [0.5, 0.6) is 0 Å². The lowest BCUT2D eigenvalue weighted by molar-refractivity contribution is -0.130. The Morgan fingerprint density at radius 2 is 2.05 bits per heavy atom. The van der Waals surface area contributed by atoms with Gasteiger partial charge >= 0.3 is 0 Å². The molecule has 0 spiro atoms. The van der Waals surface area contributed by atoms with Crippen LogP contribution in [0.25, 0.3) is 0 Å². The SMILES string of the molecule is CNC(=O)[C@H](CC(N)=O)NC(=O)Cc1cc(CC(C)C)no1. The van der Waals surface area contributed by atoms with Gasteiger partial charge in [-0.25, -0.2) is 0 Å². The molecular formula is C14H22N4O4.